The van der Waals surface area contributed by atoms with Crippen molar-refractivity contribution in [3.05, 3.63) is 23.8 Å². The number of nitrogen functional groups attached to an aromatic ring is 1. The van der Waals surface area contributed by atoms with Crippen LogP contribution >= 0.6 is 0 Å². The normalized spacial score (nSPS) is 20.1. The summed E-state index contributed by atoms with van der Waals surface area (Å²) in [5.41, 5.74) is 8.81. The molecule has 1 saturated heterocycles. The van der Waals surface area contributed by atoms with Crippen molar-refractivity contribution in [3.8, 4) is 0 Å². The molecule has 0 unspecified atom stereocenters. The number of anilines is 2. The second-order valence-corrected chi connectivity index (χ2v) is 5.76. The molecule has 2 heterocycles. The number of hydrogen-bond acceptors (Lipinski definition) is 4. The molecule has 0 atom stereocenters. The summed E-state index contributed by atoms with van der Waals surface area (Å²) in [6.45, 7) is 5.35. The summed E-state index contributed by atoms with van der Waals surface area (Å²) in [4.78, 5) is 18.9. The van der Waals surface area contributed by atoms with E-state index in [1.54, 1.807) is 0 Å². The Bertz CT molecular complexity index is 509. The predicted octanol–water partition coefficient (Wildman–Crippen LogP) is 0.405. The third kappa shape index (κ3) is 2.64. The Morgan fingerprint density at radius 2 is 1.95 bits per heavy atom. The van der Waals surface area contributed by atoms with Gasteiger partial charge in [0.15, 0.2) is 0 Å². The molecule has 2 aliphatic heterocycles. The van der Waals surface area contributed by atoms with Crippen LogP contribution in [0.5, 0.6) is 0 Å². The van der Waals surface area contributed by atoms with Gasteiger partial charge in [0, 0.05) is 44.1 Å². The van der Waals surface area contributed by atoms with Crippen molar-refractivity contribution in [1.82, 2.24) is 9.80 Å². The van der Waals surface area contributed by atoms with Crippen molar-refractivity contribution in [3.63, 3.8) is 0 Å². The van der Waals surface area contributed by atoms with E-state index in [2.05, 4.69) is 16.8 Å². The van der Waals surface area contributed by atoms with Gasteiger partial charge in [-0.1, -0.05) is 0 Å². The minimum atomic E-state index is 0.207. The highest BCUT2D eigenvalue weighted by Gasteiger charge is 2.26. The Hall–Kier alpha value is -1.59. The van der Waals surface area contributed by atoms with E-state index in [1.165, 1.54) is 5.56 Å². The number of carbonyl (C=O) groups is 1. The molecule has 0 aromatic heterocycles. The summed E-state index contributed by atoms with van der Waals surface area (Å²) in [5, 5.41) is 0. The molecule has 0 spiro atoms. The summed E-state index contributed by atoms with van der Waals surface area (Å²) >= 11 is 0. The molecule has 2 N–H and O–H groups in total. The Balaban J connectivity index is 1.65. The van der Waals surface area contributed by atoms with Gasteiger partial charge in [-0.2, -0.15) is 0 Å². The summed E-state index contributed by atoms with van der Waals surface area (Å²) in [7, 11) is 2.13. The molecule has 0 saturated carbocycles. The number of nitrogens with zero attached hydrogens (tertiary/aromatic N) is 3. The molecule has 0 bridgehead atoms. The van der Waals surface area contributed by atoms with E-state index in [1.807, 2.05) is 23.1 Å². The minimum absolute atomic E-state index is 0.207. The fraction of sp³-hybridized carbons (Fsp3) is 0.533. The number of rotatable bonds is 2. The maximum absolute atomic E-state index is 12.5. The van der Waals surface area contributed by atoms with Gasteiger partial charge in [-0.25, -0.2) is 0 Å². The highest BCUT2D eigenvalue weighted by molar-refractivity contribution is 5.97. The van der Waals surface area contributed by atoms with Crippen LogP contribution in [0.1, 0.15) is 5.56 Å². The topological polar surface area (TPSA) is 52.8 Å². The van der Waals surface area contributed by atoms with E-state index >= 15 is 0 Å². The van der Waals surface area contributed by atoms with E-state index < -0.39 is 0 Å². The number of hydrogen-bond donors (Lipinski definition) is 1. The molecule has 1 amide bonds. The highest BCUT2D eigenvalue weighted by Crippen LogP contribution is 2.29. The zero-order valence-corrected chi connectivity index (χ0v) is 12.0. The molecule has 108 valence electrons. The smallest absolute Gasteiger partial charge is 0.241 e. The molecule has 2 aliphatic rings. The van der Waals surface area contributed by atoms with Crippen LogP contribution in [0.25, 0.3) is 0 Å². The number of likely N-dealkylation sites (N-methyl/N-ethyl adjacent to an activating group) is 1. The molecule has 5 heteroatoms. The Labute approximate surface area is 119 Å². The van der Waals surface area contributed by atoms with Crippen molar-refractivity contribution >= 4 is 17.3 Å². The Morgan fingerprint density at radius 3 is 2.70 bits per heavy atom. The van der Waals surface area contributed by atoms with Crippen molar-refractivity contribution < 1.29 is 4.79 Å². The molecular weight excluding hydrogens is 252 g/mol. The number of nitrogens with two attached hydrogens (primary N) is 1. The first-order chi connectivity index (χ1) is 9.63. The first kappa shape index (κ1) is 13.4. The van der Waals surface area contributed by atoms with E-state index in [-0.39, 0.29) is 5.91 Å². The van der Waals surface area contributed by atoms with Crippen LogP contribution < -0.4 is 10.6 Å². The van der Waals surface area contributed by atoms with Gasteiger partial charge in [0.1, 0.15) is 0 Å². The van der Waals surface area contributed by atoms with Crippen LogP contribution in [0.15, 0.2) is 18.2 Å². The van der Waals surface area contributed by atoms with Gasteiger partial charge in [0.2, 0.25) is 5.91 Å². The summed E-state index contributed by atoms with van der Waals surface area (Å²) in [6.07, 6.45) is 0.912. The van der Waals surface area contributed by atoms with Crippen LogP contribution in [-0.4, -0.2) is 62.0 Å². The van der Waals surface area contributed by atoms with Crippen molar-refractivity contribution in [2.75, 3.05) is 56.9 Å². The number of carbonyl (C=O) groups excluding carboxylic acids is 1. The summed E-state index contributed by atoms with van der Waals surface area (Å²) < 4.78 is 0. The molecular formula is C15H22N4O. The molecule has 5 nitrogen and oxygen atoms in total. The fourth-order valence-corrected chi connectivity index (χ4v) is 2.96. The minimum Gasteiger partial charge on any atom is -0.399 e. The Morgan fingerprint density at radius 1 is 1.20 bits per heavy atom. The van der Waals surface area contributed by atoms with Gasteiger partial charge in [-0.15, -0.1) is 0 Å². The van der Waals surface area contributed by atoms with Crippen LogP contribution in [0.4, 0.5) is 11.4 Å². The first-order valence-electron chi connectivity index (χ1n) is 7.23. The van der Waals surface area contributed by atoms with E-state index in [0.29, 0.717) is 6.54 Å². The summed E-state index contributed by atoms with van der Waals surface area (Å²) in [6, 6.07) is 5.83. The van der Waals surface area contributed by atoms with Crippen LogP contribution in [0, 0.1) is 0 Å². The lowest BCUT2D eigenvalue weighted by molar-refractivity contribution is -0.120. The SMILES string of the molecule is CN1CCN(CC(=O)N2CCc3cc(N)ccc32)CC1. The third-order valence-corrected chi connectivity index (χ3v) is 4.25. The standard InChI is InChI=1S/C15H22N4O/c1-17-6-8-18(9-7-17)11-15(20)19-5-4-12-10-13(16)2-3-14(12)19/h2-3,10H,4-9,11,16H2,1H3. The number of piperazine rings is 1. The monoisotopic (exact) mass is 274 g/mol. The molecule has 0 aliphatic carbocycles. The van der Waals surface area contributed by atoms with E-state index in [0.717, 1.165) is 50.5 Å². The number of fused-ring (bicyclic) bond motifs is 1. The third-order valence-electron chi connectivity index (χ3n) is 4.25. The van der Waals surface area contributed by atoms with Crippen LogP contribution in [-0.2, 0) is 11.2 Å². The number of amides is 1. The average Bonchev–Trinajstić information content (AvgIpc) is 2.84. The molecule has 1 aromatic rings. The lowest BCUT2D eigenvalue weighted by Crippen LogP contribution is -2.48. The maximum atomic E-state index is 12.5. The van der Waals surface area contributed by atoms with Gasteiger partial charge in [-0.3, -0.25) is 9.69 Å². The zero-order chi connectivity index (χ0) is 14.1. The molecule has 1 fully saturated rings. The van der Waals surface area contributed by atoms with Crippen LogP contribution in [0.3, 0.4) is 0 Å². The van der Waals surface area contributed by atoms with Crippen molar-refractivity contribution in [1.29, 1.82) is 0 Å². The van der Waals surface area contributed by atoms with Crippen molar-refractivity contribution in [2.45, 2.75) is 6.42 Å². The van der Waals surface area contributed by atoms with E-state index in [4.69, 9.17) is 5.73 Å². The second-order valence-electron chi connectivity index (χ2n) is 5.76. The van der Waals surface area contributed by atoms with Crippen LogP contribution in [0.2, 0.25) is 0 Å². The average molecular weight is 274 g/mol. The zero-order valence-electron chi connectivity index (χ0n) is 12.0. The lowest BCUT2D eigenvalue weighted by atomic mass is 10.1. The lowest BCUT2D eigenvalue weighted by Gasteiger charge is -2.32. The van der Waals surface area contributed by atoms with E-state index in [9.17, 15) is 4.79 Å². The highest BCUT2D eigenvalue weighted by atomic mass is 16.2. The van der Waals surface area contributed by atoms with Crippen molar-refractivity contribution in [2.24, 2.45) is 0 Å². The largest absolute Gasteiger partial charge is 0.399 e. The fourth-order valence-electron chi connectivity index (χ4n) is 2.96. The van der Waals surface area contributed by atoms with Gasteiger partial charge in [0.05, 0.1) is 6.54 Å². The molecule has 1 aromatic carbocycles. The predicted molar refractivity (Wildman–Crippen MR) is 80.8 cm³/mol. The second kappa shape index (κ2) is 5.42. The van der Waals surface area contributed by atoms with Gasteiger partial charge < -0.3 is 15.5 Å². The quantitative estimate of drug-likeness (QED) is 0.794. The van der Waals surface area contributed by atoms with Gasteiger partial charge in [-0.05, 0) is 37.2 Å². The Kier molecular flexibility index (Phi) is 3.63. The molecule has 20 heavy (non-hydrogen) atoms. The van der Waals surface area contributed by atoms with Gasteiger partial charge >= 0.3 is 0 Å². The number of benzene rings is 1. The summed E-state index contributed by atoms with van der Waals surface area (Å²) in [5.74, 6) is 0.207. The maximum Gasteiger partial charge on any atom is 0.241 e. The first-order valence-corrected chi connectivity index (χ1v) is 7.23. The van der Waals surface area contributed by atoms with Gasteiger partial charge in [0.25, 0.3) is 0 Å². The molecule has 0 radical (unpaired) electrons. The molecule has 3 rings (SSSR count).